The molecule has 152 valence electrons. The van der Waals surface area contributed by atoms with Crippen LogP contribution in [0.2, 0.25) is 0 Å². The fourth-order valence-electron chi connectivity index (χ4n) is 3.85. The van der Waals surface area contributed by atoms with Gasteiger partial charge in [-0.05, 0) is 37.5 Å². The van der Waals surface area contributed by atoms with E-state index in [0.29, 0.717) is 17.1 Å². The highest BCUT2D eigenvalue weighted by molar-refractivity contribution is 6.09. The quantitative estimate of drug-likeness (QED) is 0.725. The third kappa shape index (κ3) is 3.76. The number of carbonyl (C=O) groups excluding carboxylic acids is 3. The number of amides is 4. The zero-order chi connectivity index (χ0) is 20.3. The van der Waals surface area contributed by atoms with Gasteiger partial charge in [-0.3, -0.25) is 14.5 Å². The Labute approximate surface area is 164 Å². The SMILES string of the molecule is COc1ccc(C2(C)NC(=O)N(CC(=O)NC3CCCCC3)C2=O)cc1OC. The number of nitrogens with one attached hydrogen (secondary N) is 2. The predicted octanol–water partition coefficient (Wildman–Crippen LogP) is 1.92. The Morgan fingerprint density at radius 2 is 1.86 bits per heavy atom. The maximum atomic E-state index is 13.0. The molecule has 1 atom stereocenters. The molecule has 2 aliphatic rings. The van der Waals surface area contributed by atoms with Crippen molar-refractivity contribution in [2.24, 2.45) is 0 Å². The number of hydrogen-bond donors (Lipinski definition) is 2. The number of ether oxygens (including phenoxy) is 2. The van der Waals surface area contributed by atoms with E-state index in [1.54, 1.807) is 25.1 Å². The Morgan fingerprint density at radius 3 is 2.50 bits per heavy atom. The van der Waals surface area contributed by atoms with Gasteiger partial charge in [0, 0.05) is 6.04 Å². The molecule has 1 aromatic rings. The van der Waals surface area contributed by atoms with Crippen LogP contribution in [-0.2, 0) is 15.1 Å². The Bertz CT molecular complexity index is 775. The predicted molar refractivity (Wildman–Crippen MR) is 102 cm³/mol. The van der Waals surface area contributed by atoms with Gasteiger partial charge in [0.1, 0.15) is 12.1 Å². The lowest BCUT2D eigenvalue weighted by atomic mass is 9.91. The first-order valence-corrected chi connectivity index (χ1v) is 9.55. The van der Waals surface area contributed by atoms with Crippen LogP contribution in [0.5, 0.6) is 11.5 Å². The first-order valence-electron chi connectivity index (χ1n) is 9.55. The molecule has 1 unspecified atom stereocenters. The molecule has 2 N–H and O–H groups in total. The molecule has 1 heterocycles. The maximum Gasteiger partial charge on any atom is 0.325 e. The molecule has 1 aromatic carbocycles. The van der Waals surface area contributed by atoms with Gasteiger partial charge in [0.25, 0.3) is 5.91 Å². The second-order valence-electron chi connectivity index (χ2n) is 7.42. The van der Waals surface area contributed by atoms with E-state index in [2.05, 4.69) is 10.6 Å². The highest BCUT2D eigenvalue weighted by Crippen LogP contribution is 2.35. The molecule has 1 saturated heterocycles. The monoisotopic (exact) mass is 389 g/mol. The smallest absolute Gasteiger partial charge is 0.325 e. The summed E-state index contributed by atoms with van der Waals surface area (Å²) in [5.74, 6) is 0.197. The molecule has 0 spiro atoms. The molecule has 1 aliphatic heterocycles. The van der Waals surface area contributed by atoms with Crippen molar-refractivity contribution < 1.29 is 23.9 Å². The van der Waals surface area contributed by atoms with Gasteiger partial charge >= 0.3 is 6.03 Å². The molecule has 0 radical (unpaired) electrons. The topological polar surface area (TPSA) is 97.0 Å². The minimum Gasteiger partial charge on any atom is -0.493 e. The van der Waals surface area contributed by atoms with E-state index in [0.717, 1.165) is 30.6 Å². The Hall–Kier alpha value is -2.77. The zero-order valence-electron chi connectivity index (χ0n) is 16.5. The molecule has 1 aliphatic carbocycles. The normalized spacial score (nSPS) is 22.8. The molecule has 0 aromatic heterocycles. The molecule has 1 saturated carbocycles. The molecule has 0 bridgehead atoms. The lowest BCUT2D eigenvalue weighted by Gasteiger charge is -2.25. The first-order chi connectivity index (χ1) is 13.4. The molecular weight excluding hydrogens is 362 g/mol. The second kappa shape index (κ2) is 8.08. The van der Waals surface area contributed by atoms with Crippen molar-refractivity contribution >= 4 is 17.8 Å². The molecule has 8 nitrogen and oxygen atoms in total. The lowest BCUT2D eigenvalue weighted by Crippen LogP contribution is -2.45. The number of urea groups is 1. The van der Waals surface area contributed by atoms with Crippen LogP contribution in [0, 0.1) is 0 Å². The zero-order valence-corrected chi connectivity index (χ0v) is 16.5. The number of rotatable bonds is 6. The van der Waals surface area contributed by atoms with Gasteiger partial charge in [-0.25, -0.2) is 4.79 Å². The van der Waals surface area contributed by atoms with Gasteiger partial charge in [0.15, 0.2) is 11.5 Å². The van der Waals surface area contributed by atoms with Crippen LogP contribution < -0.4 is 20.1 Å². The third-order valence-corrected chi connectivity index (χ3v) is 5.51. The minimum atomic E-state index is -1.28. The highest BCUT2D eigenvalue weighted by atomic mass is 16.5. The average molecular weight is 389 g/mol. The van der Waals surface area contributed by atoms with Crippen molar-refractivity contribution in [3.63, 3.8) is 0 Å². The van der Waals surface area contributed by atoms with Gasteiger partial charge in [-0.15, -0.1) is 0 Å². The summed E-state index contributed by atoms with van der Waals surface area (Å²) in [5.41, 5.74) is -0.722. The standard InChI is InChI=1S/C20H27N3O5/c1-20(13-9-10-15(27-2)16(11-13)28-3)18(25)23(19(26)22-20)12-17(24)21-14-7-5-4-6-8-14/h9-11,14H,4-8,12H2,1-3H3,(H,21,24)(H,22,26). The maximum absolute atomic E-state index is 13.0. The Balaban J connectivity index is 1.74. The van der Waals surface area contributed by atoms with E-state index >= 15 is 0 Å². The van der Waals surface area contributed by atoms with Crippen LogP contribution in [0.15, 0.2) is 18.2 Å². The number of benzene rings is 1. The second-order valence-corrected chi connectivity index (χ2v) is 7.42. The fourth-order valence-corrected chi connectivity index (χ4v) is 3.85. The molecule has 3 rings (SSSR count). The third-order valence-electron chi connectivity index (χ3n) is 5.51. The number of nitrogens with zero attached hydrogens (tertiary/aromatic N) is 1. The van der Waals surface area contributed by atoms with Crippen molar-refractivity contribution in [2.45, 2.75) is 50.6 Å². The summed E-state index contributed by atoms with van der Waals surface area (Å²) in [6, 6.07) is 4.57. The van der Waals surface area contributed by atoms with Gasteiger partial charge in [-0.2, -0.15) is 0 Å². The summed E-state index contributed by atoms with van der Waals surface area (Å²) in [4.78, 5) is 38.8. The van der Waals surface area contributed by atoms with Gasteiger partial charge in [0.2, 0.25) is 5.91 Å². The summed E-state index contributed by atoms with van der Waals surface area (Å²) >= 11 is 0. The summed E-state index contributed by atoms with van der Waals surface area (Å²) in [5, 5.41) is 5.64. The van der Waals surface area contributed by atoms with E-state index in [-0.39, 0.29) is 18.5 Å². The van der Waals surface area contributed by atoms with Gasteiger partial charge in [-0.1, -0.05) is 25.3 Å². The highest BCUT2D eigenvalue weighted by Gasteiger charge is 2.49. The molecule has 28 heavy (non-hydrogen) atoms. The van der Waals surface area contributed by atoms with Crippen molar-refractivity contribution in [1.82, 2.24) is 15.5 Å². The lowest BCUT2D eigenvalue weighted by molar-refractivity contribution is -0.135. The fraction of sp³-hybridized carbons (Fsp3) is 0.550. The van der Waals surface area contributed by atoms with Crippen LogP contribution in [0.3, 0.4) is 0 Å². The van der Waals surface area contributed by atoms with Crippen molar-refractivity contribution in [1.29, 1.82) is 0 Å². The van der Waals surface area contributed by atoms with Crippen molar-refractivity contribution in [2.75, 3.05) is 20.8 Å². The summed E-state index contributed by atoms with van der Waals surface area (Å²) < 4.78 is 10.5. The Kier molecular flexibility index (Phi) is 5.76. The van der Waals surface area contributed by atoms with Crippen LogP contribution in [0.25, 0.3) is 0 Å². The van der Waals surface area contributed by atoms with E-state index < -0.39 is 17.5 Å². The van der Waals surface area contributed by atoms with E-state index in [1.807, 2.05) is 0 Å². The minimum absolute atomic E-state index is 0.124. The summed E-state index contributed by atoms with van der Waals surface area (Å²) in [6.45, 7) is 1.33. The van der Waals surface area contributed by atoms with Crippen LogP contribution in [-0.4, -0.2) is 49.6 Å². The number of hydrogen-bond acceptors (Lipinski definition) is 5. The summed E-state index contributed by atoms with van der Waals surface area (Å²) in [6.07, 6.45) is 5.24. The van der Waals surface area contributed by atoms with E-state index in [4.69, 9.17) is 9.47 Å². The summed E-state index contributed by atoms with van der Waals surface area (Å²) in [7, 11) is 3.02. The van der Waals surface area contributed by atoms with E-state index in [9.17, 15) is 14.4 Å². The number of imide groups is 1. The van der Waals surface area contributed by atoms with E-state index in [1.165, 1.54) is 20.6 Å². The van der Waals surface area contributed by atoms with Crippen LogP contribution in [0.1, 0.15) is 44.6 Å². The van der Waals surface area contributed by atoms with Gasteiger partial charge < -0.3 is 20.1 Å². The van der Waals surface area contributed by atoms with Gasteiger partial charge in [0.05, 0.1) is 14.2 Å². The molecule has 8 heteroatoms. The Morgan fingerprint density at radius 1 is 1.18 bits per heavy atom. The molecule has 4 amide bonds. The van der Waals surface area contributed by atoms with Crippen LogP contribution in [0.4, 0.5) is 4.79 Å². The number of carbonyl (C=O) groups is 3. The largest absolute Gasteiger partial charge is 0.493 e. The van der Waals surface area contributed by atoms with Crippen molar-refractivity contribution in [3.05, 3.63) is 23.8 Å². The average Bonchev–Trinajstić information content (AvgIpc) is 2.92. The van der Waals surface area contributed by atoms with Crippen molar-refractivity contribution in [3.8, 4) is 11.5 Å². The van der Waals surface area contributed by atoms with Crippen LogP contribution >= 0.6 is 0 Å². The molecule has 2 fully saturated rings. The number of methoxy groups -OCH3 is 2. The first kappa shape index (κ1) is 20.0. The molecular formula is C20H27N3O5.